The van der Waals surface area contributed by atoms with Crippen LogP contribution in [0.4, 0.5) is 10.1 Å². The molecule has 0 saturated carbocycles. The van der Waals surface area contributed by atoms with Crippen molar-refractivity contribution in [3.63, 3.8) is 0 Å². The third-order valence-electron chi connectivity index (χ3n) is 2.62. The number of halogens is 1. The fourth-order valence-corrected chi connectivity index (χ4v) is 1.86. The molecule has 1 unspecified atom stereocenters. The van der Waals surface area contributed by atoms with E-state index in [2.05, 4.69) is 0 Å². The maximum atomic E-state index is 13.4. The molecule has 13 heavy (non-hydrogen) atoms. The largest absolute Gasteiger partial charge is 0.396 e. The molecule has 0 aliphatic heterocycles. The van der Waals surface area contributed by atoms with Crippen LogP contribution in [-0.4, -0.2) is 6.04 Å². The highest BCUT2D eigenvalue weighted by molar-refractivity contribution is 5.47. The topological polar surface area (TPSA) is 52.0 Å². The quantitative estimate of drug-likeness (QED) is 0.590. The number of anilines is 1. The van der Waals surface area contributed by atoms with Crippen LogP contribution in [0.3, 0.4) is 0 Å². The van der Waals surface area contributed by atoms with E-state index in [1.165, 1.54) is 0 Å². The Morgan fingerprint density at radius 3 is 2.92 bits per heavy atom. The van der Waals surface area contributed by atoms with Crippen molar-refractivity contribution in [3.8, 4) is 0 Å². The Balaban J connectivity index is 2.47. The minimum absolute atomic E-state index is 0.176. The van der Waals surface area contributed by atoms with Gasteiger partial charge < -0.3 is 11.5 Å². The average molecular weight is 180 g/mol. The number of nitrogens with two attached hydrogens (primary N) is 2. The van der Waals surface area contributed by atoms with E-state index in [-0.39, 0.29) is 17.5 Å². The zero-order valence-corrected chi connectivity index (χ0v) is 7.39. The van der Waals surface area contributed by atoms with Gasteiger partial charge in [0, 0.05) is 6.04 Å². The predicted molar refractivity (Wildman–Crippen MR) is 50.8 cm³/mol. The lowest BCUT2D eigenvalue weighted by atomic mass is 9.88. The van der Waals surface area contributed by atoms with Crippen molar-refractivity contribution in [2.24, 2.45) is 5.73 Å². The van der Waals surface area contributed by atoms with E-state index in [0.717, 1.165) is 24.0 Å². The number of benzene rings is 1. The Morgan fingerprint density at radius 2 is 2.15 bits per heavy atom. The molecule has 1 aromatic rings. The van der Waals surface area contributed by atoms with Crippen LogP contribution in [0, 0.1) is 5.82 Å². The maximum Gasteiger partial charge on any atom is 0.149 e. The standard InChI is InChI=1S/C10H13FN2/c11-10-8-3-2-7(12)5-6(8)1-4-9(10)13/h1,4,7H,2-3,5,12-13H2. The molecule has 0 amide bonds. The van der Waals surface area contributed by atoms with E-state index in [1.807, 2.05) is 6.07 Å². The fraction of sp³-hybridized carbons (Fsp3) is 0.400. The number of hydrogen-bond donors (Lipinski definition) is 2. The van der Waals surface area contributed by atoms with Crippen molar-refractivity contribution in [2.75, 3.05) is 5.73 Å². The molecule has 1 aliphatic rings. The smallest absolute Gasteiger partial charge is 0.149 e. The van der Waals surface area contributed by atoms with Crippen LogP contribution in [0.15, 0.2) is 12.1 Å². The Labute approximate surface area is 76.7 Å². The minimum Gasteiger partial charge on any atom is -0.396 e. The highest BCUT2D eigenvalue weighted by Gasteiger charge is 2.19. The van der Waals surface area contributed by atoms with Crippen molar-refractivity contribution in [3.05, 3.63) is 29.1 Å². The van der Waals surface area contributed by atoms with Crippen LogP contribution in [0.5, 0.6) is 0 Å². The molecule has 1 atom stereocenters. The summed E-state index contributed by atoms with van der Waals surface area (Å²) < 4.78 is 13.4. The van der Waals surface area contributed by atoms with Crippen LogP contribution in [0.1, 0.15) is 17.5 Å². The van der Waals surface area contributed by atoms with Crippen molar-refractivity contribution in [1.82, 2.24) is 0 Å². The molecule has 1 aromatic carbocycles. The van der Waals surface area contributed by atoms with Gasteiger partial charge in [-0.05, 0) is 36.5 Å². The highest BCUT2D eigenvalue weighted by atomic mass is 19.1. The summed E-state index contributed by atoms with van der Waals surface area (Å²) in [4.78, 5) is 0. The molecule has 1 aliphatic carbocycles. The van der Waals surface area contributed by atoms with Gasteiger partial charge in [0.1, 0.15) is 5.82 Å². The zero-order chi connectivity index (χ0) is 9.42. The van der Waals surface area contributed by atoms with Crippen molar-refractivity contribution < 1.29 is 4.39 Å². The Morgan fingerprint density at radius 1 is 1.38 bits per heavy atom. The Hall–Kier alpha value is -1.09. The van der Waals surface area contributed by atoms with E-state index in [9.17, 15) is 4.39 Å². The molecule has 0 spiro atoms. The first-order valence-corrected chi connectivity index (χ1v) is 4.50. The SMILES string of the molecule is Nc1ccc2c(c1F)CCC(N)C2. The van der Waals surface area contributed by atoms with Crippen LogP contribution in [0.2, 0.25) is 0 Å². The normalized spacial score (nSPS) is 21.2. The molecule has 0 fully saturated rings. The first-order valence-electron chi connectivity index (χ1n) is 4.50. The maximum absolute atomic E-state index is 13.4. The van der Waals surface area contributed by atoms with Gasteiger partial charge in [-0.25, -0.2) is 4.39 Å². The second kappa shape index (κ2) is 3.00. The van der Waals surface area contributed by atoms with E-state index < -0.39 is 0 Å². The molecule has 0 aromatic heterocycles. The van der Waals surface area contributed by atoms with Gasteiger partial charge in [0.2, 0.25) is 0 Å². The third kappa shape index (κ3) is 1.40. The molecular weight excluding hydrogens is 167 g/mol. The number of rotatable bonds is 0. The van der Waals surface area contributed by atoms with E-state index >= 15 is 0 Å². The van der Waals surface area contributed by atoms with Gasteiger partial charge >= 0.3 is 0 Å². The summed E-state index contributed by atoms with van der Waals surface area (Å²) in [5.41, 5.74) is 13.3. The molecule has 0 saturated heterocycles. The molecule has 0 heterocycles. The Bertz CT molecular complexity index is 336. The summed E-state index contributed by atoms with van der Waals surface area (Å²) in [5.74, 6) is -0.246. The van der Waals surface area contributed by atoms with Gasteiger partial charge in [-0.3, -0.25) is 0 Å². The summed E-state index contributed by atoms with van der Waals surface area (Å²) in [7, 11) is 0. The van der Waals surface area contributed by atoms with Crippen LogP contribution >= 0.6 is 0 Å². The van der Waals surface area contributed by atoms with E-state index in [4.69, 9.17) is 11.5 Å². The Kier molecular flexibility index (Phi) is 1.96. The number of nitrogen functional groups attached to an aromatic ring is 1. The van der Waals surface area contributed by atoms with Crippen LogP contribution in [-0.2, 0) is 12.8 Å². The zero-order valence-electron chi connectivity index (χ0n) is 7.39. The lowest BCUT2D eigenvalue weighted by Gasteiger charge is -2.22. The first kappa shape index (κ1) is 8.51. The minimum atomic E-state index is -0.246. The van der Waals surface area contributed by atoms with Crippen LogP contribution in [0.25, 0.3) is 0 Å². The van der Waals surface area contributed by atoms with E-state index in [1.54, 1.807) is 6.07 Å². The fourth-order valence-electron chi connectivity index (χ4n) is 1.86. The van der Waals surface area contributed by atoms with Gasteiger partial charge in [0.05, 0.1) is 5.69 Å². The summed E-state index contributed by atoms with van der Waals surface area (Å²) in [6.07, 6.45) is 2.34. The second-order valence-electron chi connectivity index (χ2n) is 3.61. The summed E-state index contributed by atoms with van der Waals surface area (Å²) in [6.45, 7) is 0. The van der Waals surface area contributed by atoms with Crippen LogP contribution < -0.4 is 11.5 Å². The molecule has 0 radical (unpaired) electrons. The average Bonchev–Trinajstić information content (AvgIpc) is 2.12. The van der Waals surface area contributed by atoms with Gasteiger partial charge in [-0.1, -0.05) is 6.07 Å². The molecule has 3 heteroatoms. The molecule has 2 rings (SSSR count). The summed E-state index contributed by atoms with van der Waals surface area (Å²) in [6, 6.07) is 3.68. The number of hydrogen-bond acceptors (Lipinski definition) is 2. The third-order valence-corrected chi connectivity index (χ3v) is 2.62. The molecule has 2 nitrogen and oxygen atoms in total. The van der Waals surface area contributed by atoms with Gasteiger partial charge in [0.15, 0.2) is 0 Å². The van der Waals surface area contributed by atoms with Crippen molar-refractivity contribution >= 4 is 5.69 Å². The molecule has 0 bridgehead atoms. The van der Waals surface area contributed by atoms with Crippen molar-refractivity contribution in [2.45, 2.75) is 25.3 Å². The molecular formula is C10H13FN2. The lowest BCUT2D eigenvalue weighted by molar-refractivity contribution is 0.540. The predicted octanol–water partition coefficient (Wildman–Crippen LogP) is 1.22. The highest BCUT2D eigenvalue weighted by Crippen LogP contribution is 2.26. The van der Waals surface area contributed by atoms with E-state index in [0.29, 0.717) is 6.42 Å². The van der Waals surface area contributed by atoms with Crippen molar-refractivity contribution in [1.29, 1.82) is 0 Å². The number of fused-ring (bicyclic) bond motifs is 1. The summed E-state index contributed by atoms with van der Waals surface area (Å²) in [5, 5.41) is 0. The first-order chi connectivity index (χ1) is 6.18. The van der Waals surface area contributed by atoms with Gasteiger partial charge in [0.25, 0.3) is 0 Å². The van der Waals surface area contributed by atoms with Gasteiger partial charge in [-0.15, -0.1) is 0 Å². The second-order valence-corrected chi connectivity index (χ2v) is 3.61. The monoisotopic (exact) mass is 180 g/mol. The molecule has 4 N–H and O–H groups in total. The lowest BCUT2D eigenvalue weighted by Crippen LogP contribution is -2.28. The van der Waals surface area contributed by atoms with Gasteiger partial charge in [-0.2, -0.15) is 0 Å². The molecule has 70 valence electrons. The summed E-state index contributed by atoms with van der Waals surface area (Å²) >= 11 is 0.